The van der Waals surface area contributed by atoms with Gasteiger partial charge in [-0.25, -0.2) is 0 Å². The van der Waals surface area contributed by atoms with Gasteiger partial charge in [-0.2, -0.15) is 0 Å². The molecule has 0 aliphatic rings. The number of nitrogens with zero attached hydrogens (tertiary/aromatic N) is 1. The van der Waals surface area contributed by atoms with Crippen LogP contribution >= 0.6 is 0 Å². The van der Waals surface area contributed by atoms with Gasteiger partial charge in [0.25, 0.3) is 0 Å². The summed E-state index contributed by atoms with van der Waals surface area (Å²) < 4.78 is 10.9. The fourth-order valence-corrected chi connectivity index (χ4v) is 1.54. The number of rotatable bonds is 4. The number of carbonyl (C=O) groups is 1. The summed E-state index contributed by atoms with van der Waals surface area (Å²) in [7, 11) is 1.59. The highest BCUT2D eigenvalue weighted by Gasteiger charge is 2.06. The molecule has 0 unspecified atom stereocenters. The van der Waals surface area contributed by atoms with Crippen LogP contribution in [0.15, 0.2) is 36.7 Å². The molecule has 92 valence electrons. The highest BCUT2D eigenvalue weighted by atomic mass is 16.5. The Hall–Kier alpha value is -2.36. The summed E-state index contributed by atoms with van der Waals surface area (Å²) in [6.45, 7) is 1.97. The van der Waals surface area contributed by atoms with Crippen molar-refractivity contribution >= 4 is 6.29 Å². The molecular weight excluding hydrogens is 230 g/mol. The maximum absolute atomic E-state index is 10.7. The average Bonchev–Trinajstić information content (AvgIpc) is 2.41. The van der Waals surface area contributed by atoms with Gasteiger partial charge < -0.3 is 9.47 Å². The highest BCUT2D eigenvalue weighted by molar-refractivity contribution is 5.74. The second-order valence-electron chi connectivity index (χ2n) is 3.83. The lowest BCUT2D eigenvalue weighted by Crippen LogP contribution is -1.92. The maximum Gasteiger partial charge on any atom is 0.169 e. The van der Waals surface area contributed by atoms with Crippen molar-refractivity contribution in [1.82, 2.24) is 4.98 Å². The molecule has 1 aromatic carbocycles. The van der Waals surface area contributed by atoms with Crippen molar-refractivity contribution in [2.45, 2.75) is 6.92 Å². The summed E-state index contributed by atoms with van der Waals surface area (Å²) in [6, 6.07) is 7.25. The van der Waals surface area contributed by atoms with E-state index in [0.29, 0.717) is 22.8 Å². The molecular formula is C14H13NO3. The second kappa shape index (κ2) is 5.31. The van der Waals surface area contributed by atoms with Crippen molar-refractivity contribution in [2.24, 2.45) is 0 Å². The molecule has 1 heterocycles. The van der Waals surface area contributed by atoms with E-state index >= 15 is 0 Å². The zero-order valence-corrected chi connectivity index (χ0v) is 10.2. The summed E-state index contributed by atoms with van der Waals surface area (Å²) in [5.74, 6) is 1.74. The van der Waals surface area contributed by atoms with Crippen molar-refractivity contribution in [3.8, 4) is 17.2 Å². The molecule has 4 nitrogen and oxygen atoms in total. The monoisotopic (exact) mass is 243 g/mol. The molecule has 0 fully saturated rings. The normalized spacial score (nSPS) is 9.89. The molecule has 2 aromatic rings. The van der Waals surface area contributed by atoms with Crippen LogP contribution in [0.25, 0.3) is 0 Å². The second-order valence-corrected chi connectivity index (χ2v) is 3.83. The van der Waals surface area contributed by atoms with E-state index in [2.05, 4.69) is 4.98 Å². The van der Waals surface area contributed by atoms with Crippen LogP contribution in [0.4, 0.5) is 0 Å². The molecule has 0 aliphatic heterocycles. The molecule has 2 rings (SSSR count). The fourth-order valence-electron chi connectivity index (χ4n) is 1.54. The summed E-state index contributed by atoms with van der Waals surface area (Å²) in [5, 5.41) is 0. The minimum absolute atomic E-state index is 0.471. The van der Waals surface area contributed by atoms with Crippen LogP contribution in [-0.4, -0.2) is 18.4 Å². The molecule has 0 atom stereocenters. The Morgan fingerprint density at radius 2 is 2.00 bits per heavy atom. The molecule has 0 N–H and O–H groups in total. The Labute approximate surface area is 105 Å². The zero-order valence-electron chi connectivity index (χ0n) is 10.2. The Morgan fingerprint density at radius 1 is 1.17 bits per heavy atom. The summed E-state index contributed by atoms with van der Waals surface area (Å²) >= 11 is 0. The number of hydrogen-bond acceptors (Lipinski definition) is 4. The topological polar surface area (TPSA) is 48.4 Å². The Kier molecular flexibility index (Phi) is 3.57. The van der Waals surface area contributed by atoms with Crippen LogP contribution in [0.3, 0.4) is 0 Å². The van der Waals surface area contributed by atoms with E-state index in [1.54, 1.807) is 19.4 Å². The molecule has 0 amide bonds. The van der Waals surface area contributed by atoms with Gasteiger partial charge >= 0.3 is 0 Å². The predicted molar refractivity (Wildman–Crippen MR) is 67.4 cm³/mol. The van der Waals surface area contributed by atoms with Crippen molar-refractivity contribution in [3.05, 3.63) is 47.8 Å². The maximum atomic E-state index is 10.7. The first kappa shape index (κ1) is 12.1. The Bertz CT molecular complexity index is 567. The van der Waals surface area contributed by atoms with E-state index in [4.69, 9.17) is 9.47 Å². The average molecular weight is 243 g/mol. The van der Waals surface area contributed by atoms with E-state index in [-0.39, 0.29) is 0 Å². The number of carbonyl (C=O) groups excluding carboxylic acids is 1. The Morgan fingerprint density at radius 3 is 2.72 bits per heavy atom. The lowest BCUT2D eigenvalue weighted by atomic mass is 10.2. The highest BCUT2D eigenvalue weighted by Crippen LogP contribution is 2.31. The van der Waals surface area contributed by atoms with Crippen LogP contribution in [0, 0.1) is 6.92 Å². The van der Waals surface area contributed by atoms with Crippen molar-refractivity contribution in [3.63, 3.8) is 0 Å². The molecule has 1 aromatic heterocycles. The number of hydrogen-bond donors (Lipinski definition) is 0. The van der Waals surface area contributed by atoms with Crippen LogP contribution in [0.1, 0.15) is 15.9 Å². The molecule has 18 heavy (non-hydrogen) atoms. The summed E-state index contributed by atoms with van der Waals surface area (Å²) in [4.78, 5) is 14.6. The minimum atomic E-state index is 0.471. The minimum Gasteiger partial charge on any atom is -0.493 e. The fraction of sp³-hybridized carbons (Fsp3) is 0.143. The third kappa shape index (κ3) is 2.66. The quantitative estimate of drug-likeness (QED) is 0.774. The van der Waals surface area contributed by atoms with Gasteiger partial charge in [-0.15, -0.1) is 0 Å². The van der Waals surface area contributed by atoms with Crippen LogP contribution in [-0.2, 0) is 0 Å². The summed E-state index contributed by atoms with van der Waals surface area (Å²) in [6.07, 6.45) is 3.75. The number of aryl methyl sites for hydroxylation is 1. The number of aromatic nitrogens is 1. The van der Waals surface area contributed by atoms with E-state index in [1.165, 1.54) is 6.20 Å². The predicted octanol–water partition coefficient (Wildman–Crippen LogP) is 3.00. The van der Waals surface area contributed by atoms with E-state index in [0.717, 1.165) is 11.8 Å². The lowest BCUT2D eigenvalue weighted by molar-refractivity contribution is 0.112. The standard InChI is InChI=1S/C14H13NO3/c1-10-3-4-13(14(5-10)17-2)18-12-6-11(9-16)7-15-8-12/h3-9H,1-2H3. The lowest BCUT2D eigenvalue weighted by Gasteiger charge is -2.10. The molecule has 0 saturated heterocycles. The van der Waals surface area contributed by atoms with Crippen molar-refractivity contribution in [1.29, 1.82) is 0 Å². The molecule has 0 aliphatic carbocycles. The molecule has 0 saturated carbocycles. The van der Waals surface area contributed by atoms with Gasteiger partial charge in [-0.05, 0) is 30.7 Å². The number of methoxy groups -OCH3 is 1. The third-order valence-corrected chi connectivity index (χ3v) is 2.42. The van der Waals surface area contributed by atoms with Gasteiger partial charge in [0, 0.05) is 11.8 Å². The third-order valence-electron chi connectivity index (χ3n) is 2.42. The van der Waals surface area contributed by atoms with E-state index in [9.17, 15) is 4.79 Å². The number of aldehydes is 1. The van der Waals surface area contributed by atoms with Gasteiger partial charge in [-0.1, -0.05) is 6.07 Å². The van der Waals surface area contributed by atoms with Gasteiger partial charge in [0.1, 0.15) is 5.75 Å². The molecule has 0 radical (unpaired) electrons. The molecule has 0 spiro atoms. The first-order chi connectivity index (χ1) is 8.72. The van der Waals surface area contributed by atoms with Gasteiger partial charge in [0.05, 0.1) is 13.3 Å². The van der Waals surface area contributed by atoms with E-state index < -0.39 is 0 Å². The smallest absolute Gasteiger partial charge is 0.169 e. The summed E-state index contributed by atoms with van der Waals surface area (Å²) in [5.41, 5.74) is 1.55. The van der Waals surface area contributed by atoms with E-state index in [1.807, 2.05) is 25.1 Å². The molecule has 0 bridgehead atoms. The van der Waals surface area contributed by atoms with Crippen molar-refractivity contribution in [2.75, 3.05) is 7.11 Å². The number of ether oxygens (including phenoxy) is 2. The first-order valence-corrected chi connectivity index (χ1v) is 5.45. The number of pyridine rings is 1. The zero-order chi connectivity index (χ0) is 13.0. The Balaban J connectivity index is 2.30. The SMILES string of the molecule is COc1cc(C)ccc1Oc1cncc(C=O)c1. The van der Waals surface area contributed by atoms with Crippen molar-refractivity contribution < 1.29 is 14.3 Å². The largest absolute Gasteiger partial charge is 0.493 e. The molecule has 4 heteroatoms. The number of benzene rings is 1. The van der Waals surface area contributed by atoms with Gasteiger partial charge in [-0.3, -0.25) is 9.78 Å². The first-order valence-electron chi connectivity index (χ1n) is 5.45. The van der Waals surface area contributed by atoms with Crippen LogP contribution in [0.2, 0.25) is 0 Å². The van der Waals surface area contributed by atoms with Crippen LogP contribution in [0.5, 0.6) is 17.2 Å². The van der Waals surface area contributed by atoms with Crippen LogP contribution < -0.4 is 9.47 Å². The van der Waals surface area contributed by atoms with Gasteiger partial charge in [0.15, 0.2) is 17.8 Å². The van der Waals surface area contributed by atoms with Gasteiger partial charge in [0.2, 0.25) is 0 Å².